The van der Waals surface area contributed by atoms with Gasteiger partial charge in [0.25, 0.3) is 10.0 Å². The first-order valence-corrected chi connectivity index (χ1v) is 8.49. The Labute approximate surface area is 129 Å². The molecule has 0 fully saturated rings. The summed E-state index contributed by atoms with van der Waals surface area (Å²) in [6, 6.07) is 11.8. The van der Waals surface area contributed by atoms with Crippen LogP contribution in [0.3, 0.4) is 0 Å². The van der Waals surface area contributed by atoms with Crippen molar-refractivity contribution in [3.63, 3.8) is 0 Å². The zero-order chi connectivity index (χ0) is 15.6. The van der Waals surface area contributed by atoms with Gasteiger partial charge in [0.05, 0.1) is 24.3 Å². The maximum atomic E-state index is 12.5. The lowest BCUT2D eigenvalue weighted by Crippen LogP contribution is -2.15. The van der Waals surface area contributed by atoms with E-state index in [9.17, 15) is 8.42 Å². The first kappa shape index (κ1) is 14.7. The highest BCUT2D eigenvalue weighted by Crippen LogP contribution is 2.28. The predicted molar refractivity (Wildman–Crippen MR) is 84.1 cm³/mol. The number of benzene rings is 2. The van der Waals surface area contributed by atoms with Gasteiger partial charge >= 0.3 is 0 Å². The number of hydrogen-bond acceptors (Lipinski definition) is 4. The van der Waals surface area contributed by atoms with Crippen molar-refractivity contribution >= 4 is 15.7 Å². The molecule has 1 N–H and O–H groups in total. The Morgan fingerprint density at radius 3 is 2.86 bits per heavy atom. The van der Waals surface area contributed by atoms with Gasteiger partial charge in [-0.25, -0.2) is 8.42 Å². The van der Waals surface area contributed by atoms with Gasteiger partial charge in [0.1, 0.15) is 11.5 Å². The summed E-state index contributed by atoms with van der Waals surface area (Å²) in [6.07, 6.45) is 1.73. The third-order valence-electron chi connectivity index (χ3n) is 3.51. The minimum Gasteiger partial charge on any atom is -0.497 e. The van der Waals surface area contributed by atoms with Gasteiger partial charge in [0, 0.05) is 6.07 Å². The Morgan fingerprint density at radius 2 is 2.05 bits per heavy atom. The molecule has 1 aliphatic rings. The Bertz CT molecular complexity index is 786. The number of nitrogens with one attached hydrogen (secondary N) is 1. The van der Waals surface area contributed by atoms with Crippen LogP contribution >= 0.6 is 0 Å². The molecular weight excluding hydrogens is 302 g/mol. The molecule has 0 saturated carbocycles. The molecule has 6 heteroatoms. The highest BCUT2D eigenvalue weighted by Gasteiger charge is 2.18. The van der Waals surface area contributed by atoms with Crippen LogP contribution in [0, 0.1) is 0 Å². The van der Waals surface area contributed by atoms with E-state index in [2.05, 4.69) is 4.72 Å². The number of sulfonamides is 1. The fraction of sp³-hybridized carbons (Fsp3) is 0.250. The smallest absolute Gasteiger partial charge is 0.261 e. The summed E-state index contributed by atoms with van der Waals surface area (Å²) in [5.41, 5.74) is 1.40. The summed E-state index contributed by atoms with van der Waals surface area (Å²) < 4.78 is 38.2. The molecule has 0 saturated heterocycles. The summed E-state index contributed by atoms with van der Waals surface area (Å²) in [7, 11) is -2.09. The van der Waals surface area contributed by atoms with Crippen molar-refractivity contribution in [1.29, 1.82) is 0 Å². The van der Waals surface area contributed by atoms with Gasteiger partial charge in [-0.2, -0.15) is 0 Å². The largest absolute Gasteiger partial charge is 0.497 e. The molecule has 2 aromatic carbocycles. The van der Waals surface area contributed by atoms with Crippen LogP contribution in [0.4, 0.5) is 5.69 Å². The normalized spacial score (nSPS) is 13.9. The van der Waals surface area contributed by atoms with E-state index in [1.807, 2.05) is 0 Å². The molecule has 116 valence electrons. The molecule has 22 heavy (non-hydrogen) atoms. The van der Waals surface area contributed by atoms with Gasteiger partial charge in [-0.15, -0.1) is 0 Å². The second kappa shape index (κ2) is 5.88. The fourth-order valence-electron chi connectivity index (χ4n) is 2.40. The highest BCUT2D eigenvalue weighted by molar-refractivity contribution is 7.92. The number of aryl methyl sites for hydroxylation is 1. The molecule has 2 aromatic rings. The average Bonchev–Trinajstić information content (AvgIpc) is 2.54. The molecule has 0 bridgehead atoms. The SMILES string of the molecule is COc1cccc(NS(=O)(=O)c2ccc3c(c2)CCCO3)c1. The van der Waals surface area contributed by atoms with E-state index in [4.69, 9.17) is 9.47 Å². The zero-order valence-corrected chi connectivity index (χ0v) is 13.0. The van der Waals surface area contributed by atoms with Crippen LogP contribution in [0.25, 0.3) is 0 Å². The van der Waals surface area contributed by atoms with Crippen molar-refractivity contribution in [2.24, 2.45) is 0 Å². The van der Waals surface area contributed by atoms with Crippen molar-refractivity contribution in [3.05, 3.63) is 48.0 Å². The minimum atomic E-state index is -3.63. The molecule has 0 spiro atoms. The van der Waals surface area contributed by atoms with Crippen molar-refractivity contribution in [2.45, 2.75) is 17.7 Å². The van der Waals surface area contributed by atoms with Crippen LogP contribution in [0.15, 0.2) is 47.4 Å². The summed E-state index contributed by atoms with van der Waals surface area (Å²) in [5, 5.41) is 0. The molecule has 0 atom stereocenters. The minimum absolute atomic E-state index is 0.236. The maximum Gasteiger partial charge on any atom is 0.261 e. The third-order valence-corrected chi connectivity index (χ3v) is 4.89. The molecule has 5 nitrogen and oxygen atoms in total. The first-order valence-electron chi connectivity index (χ1n) is 7.01. The second-order valence-electron chi connectivity index (χ2n) is 5.06. The Kier molecular flexibility index (Phi) is 3.94. The van der Waals surface area contributed by atoms with Crippen LogP contribution in [-0.4, -0.2) is 22.1 Å². The van der Waals surface area contributed by atoms with Crippen LogP contribution in [0.5, 0.6) is 11.5 Å². The number of methoxy groups -OCH3 is 1. The molecule has 0 amide bonds. The number of fused-ring (bicyclic) bond motifs is 1. The van der Waals surface area contributed by atoms with Crippen molar-refractivity contribution in [1.82, 2.24) is 0 Å². The molecule has 0 aromatic heterocycles. The van der Waals surface area contributed by atoms with E-state index in [0.29, 0.717) is 18.0 Å². The molecular formula is C16H17NO4S. The lowest BCUT2D eigenvalue weighted by Gasteiger charge is -2.18. The number of anilines is 1. The van der Waals surface area contributed by atoms with Crippen LogP contribution in [-0.2, 0) is 16.4 Å². The quantitative estimate of drug-likeness (QED) is 0.941. The molecule has 1 heterocycles. The van der Waals surface area contributed by atoms with Gasteiger partial charge in [-0.05, 0) is 48.7 Å². The maximum absolute atomic E-state index is 12.5. The van der Waals surface area contributed by atoms with Gasteiger partial charge in [-0.1, -0.05) is 6.07 Å². The fourth-order valence-corrected chi connectivity index (χ4v) is 3.50. The predicted octanol–water partition coefficient (Wildman–Crippen LogP) is 2.82. The number of rotatable bonds is 4. The molecule has 1 aliphatic heterocycles. The summed E-state index contributed by atoms with van der Waals surface area (Å²) in [4.78, 5) is 0.236. The summed E-state index contributed by atoms with van der Waals surface area (Å²) in [5.74, 6) is 1.37. The molecule has 0 unspecified atom stereocenters. The third kappa shape index (κ3) is 3.01. The van der Waals surface area contributed by atoms with E-state index >= 15 is 0 Å². The first-order chi connectivity index (χ1) is 10.6. The zero-order valence-electron chi connectivity index (χ0n) is 12.2. The van der Waals surface area contributed by atoms with E-state index in [-0.39, 0.29) is 4.90 Å². The van der Waals surface area contributed by atoms with E-state index in [0.717, 1.165) is 24.2 Å². The number of hydrogen-bond donors (Lipinski definition) is 1. The Hall–Kier alpha value is -2.21. The monoisotopic (exact) mass is 319 g/mol. The van der Waals surface area contributed by atoms with Crippen molar-refractivity contribution < 1.29 is 17.9 Å². The number of ether oxygens (including phenoxy) is 2. The van der Waals surface area contributed by atoms with E-state index in [1.165, 1.54) is 7.11 Å². The second-order valence-corrected chi connectivity index (χ2v) is 6.74. The Morgan fingerprint density at radius 1 is 1.18 bits per heavy atom. The lowest BCUT2D eigenvalue weighted by atomic mass is 10.1. The van der Waals surface area contributed by atoms with Gasteiger partial charge < -0.3 is 9.47 Å². The highest BCUT2D eigenvalue weighted by atomic mass is 32.2. The van der Waals surface area contributed by atoms with Crippen molar-refractivity contribution in [3.8, 4) is 11.5 Å². The van der Waals surface area contributed by atoms with Gasteiger partial charge in [0.15, 0.2) is 0 Å². The van der Waals surface area contributed by atoms with E-state index < -0.39 is 10.0 Å². The van der Waals surface area contributed by atoms with Gasteiger partial charge in [0.2, 0.25) is 0 Å². The standard InChI is InChI=1S/C16H17NO4S/c1-20-14-6-2-5-13(11-14)17-22(18,19)15-7-8-16-12(10-15)4-3-9-21-16/h2,5-8,10-11,17H,3-4,9H2,1H3. The van der Waals surface area contributed by atoms with Crippen LogP contribution in [0.1, 0.15) is 12.0 Å². The molecule has 0 radical (unpaired) electrons. The molecule has 3 rings (SSSR count). The lowest BCUT2D eigenvalue weighted by molar-refractivity contribution is 0.288. The summed E-state index contributed by atoms with van der Waals surface area (Å²) >= 11 is 0. The average molecular weight is 319 g/mol. The topological polar surface area (TPSA) is 64.6 Å². The molecule has 0 aliphatic carbocycles. The summed E-state index contributed by atoms with van der Waals surface area (Å²) in [6.45, 7) is 0.682. The van der Waals surface area contributed by atoms with Crippen LogP contribution in [0.2, 0.25) is 0 Å². The van der Waals surface area contributed by atoms with Crippen LogP contribution < -0.4 is 14.2 Å². The Balaban J connectivity index is 1.89. The van der Waals surface area contributed by atoms with Crippen molar-refractivity contribution in [2.75, 3.05) is 18.4 Å². The van der Waals surface area contributed by atoms with E-state index in [1.54, 1.807) is 42.5 Å². The van der Waals surface area contributed by atoms with Gasteiger partial charge in [-0.3, -0.25) is 4.72 Å².